The number of halogens is 1. The maximum atomic E-state index is 12.8. The highest BCUT2D eigenvalue weighted by atomic mass is 35.5. The van der Waals surface area contributed by atoms with E-state index < -0.39 is 5.41 Å². The Morgan fingerprint density at radius 2 is 2.05 bits per heavy atom. The van der Waals surface area contributed by atoms with Gasteiger partial charge < -0.3 is 9.64 Å². The first kappa shape index (κ1) is 16.3. The molecule has 1 aromatic carbocycles. The highest BCUT2D eigenvalue weighted by Crippen LogP contribution is 2.49. The van der Waals surface area contributed by atoms with E-state index in [1.54, 1.807) is 0 Å². The van der Waals surface area contributed by atoms with E-state index in [9.17, 15) is 4.79 Å². The highest BCUT2D eigenvalue weighted by Gasteiger charge is 2.56. The predicted octanol–water partition coefficient (Wildman–Crippen LogP) is 3.02. The van der Waals surface area contributed by atoms with Crippen LogP contribution in [0, 0.1) is 5.92 Å². The summed E-state index contributed by atoms with van der Waals surface area (Å²) in [5.41, 5.74) is 0.660. The quantitative estimate of drug-likeness (QED) is 0.804. The third-order valence-electron chi connectivity index (χ3n) is 5.03. The molecule has 4 rings (SSSR count). The van der Waals surface area contributed by atoms with E-state index in [4.69, 9.17) is 4.74 Å². The topological polar surface area (TPSA) is 29.5 Å². The van der Waals surface area contributed by atoms with E-state index in [1.165, 1.54) is 6.42 Å². The molecule has 3 atom stereocenters. The third-order valence-corrected chi connectivity index (χ3v) is 5.03. The van der Waals surface area contributed by atoms with Gasteiger partial charge in [0.2, 0.25) is 0 Å². The smallest absolute Gasteiger partial charge is 0.318 e. The lowest BCUT2D eigenvalue weighted by Crippen LogP contribution is -2.63. The fraction of sp³-hybridized carbons (Fsp3) is 0.588. The Labute approximate surface area is 133 Å². The van der Waals surface area contributed by atoms with Crippen LogP contribution < -0.4 is 0 Å². The van der Waals surface area contributed by atoms with Crippen LogP contribution in [0.1, 0.15) is 31.7 Å². The maximum absolute atomic E-state index is 12.8. The highest BCUT2D eigenvalue weighted by molar-refractivity contribution is 5.85. The molecule has 0 N–H and O–H groups in total. The van der Waals surface area contributed by atoms with Crippen molar-refractivity contribution >= 4 is 18.4 Å². The van der Waals surface area contributed by atoms with Crippen LogP contribution in [0.5, 0.6) is 0 Å². The number of esters is 1. The molecular formula is C17H24ClNO2. The van der Waals surface area contributed by atoms with Gasteiger partial charge in [-0.1, -0.05) is 30.3 Å². The Hall–Kier alpha value is -1.06. The number of rotatable bonds is 3. The maximum Gasteiger partial charge on any atom is 0.318 e. The second-order valence-electron chi connectivity index (χ2n) is 6.16. The van der Waals surface area contributed by atoms with E-state index in [2.05, 4.69) is 24.1 Å². The average Bonchev–Trinajstić information content (AvgIpc) is 2.48. The molecule has 1 aliphatic carbocycles. The van der Waals surface area contributed by atoms with Gasteiger partial charge in [-0.2, -0.15) is 0 Å². The number of ether oxygens (including phenoxy) is 1. The molecule has 3 nitrogen and oxygen atoms in total. The van der Waals surface area contributed by atoms with Gasteiger partial charge in [-0.15, -0.1) is 12.4 Å². The molecule has 21 heavy (non-hydrogen) atoms. The Balaban J connectivity index is 0.00000161. The number of carbonyl (C=O) groups excluding carboxylic acids is 1. The zero-order valence-corrected chi connectivity index (χ0v) is 13.6. The molecule has 1 saturated carbocycles. The van der Waals surface area contributed by atoms with Crippen molar-refractivity contribution in [3.8, 4) is 0 Å². The molecule has 2 aliphatic heterocycles. The van der Waals surface area contributed by atoms with E-state index >= 15 is 0 Å². The number of hydrogen-bond acceptors (Lipinski definition) is 3. The number of benzene rings is 1. The van der Waals surface area contributed by atoms with Crippen LogP contribution >= 0.6 is 12.4 Å². The minimum atomic E-state index is -0.465. The summed E-state index contributed by atoms with van der Waals surface area (Å²) in [6.07, 6.45) is 3.27. The van der Waals surface area contributed by atoms with Gasteiger partial charge in [-0.25, -0.2) is 0 Å². The lowest BCUT2D eigenvalue weighted by atomic mass is 9.59. The summed E-state index contributed by atoms with van der Waals surface area (Å²) in [7, 11) is 2.15. The second kappa shape index (κ2) is 6.37. The molecule has 0 unspecified atom stereocenters. The molecule has 1 aromatic rings. The first-order valence-corrected chi connectivity index (χ1v) is 7.61. The first-order valence-electron chi connectivity index (χ1n) is 7.61. The second-order valence-corrected chi connectivity index (χ2v) is 6.16. The average molecular weight is 310 g/mol. The van der Waals surface area contributed by atoms with Crippen LogP contribution in [0.15, 0.2) is 30.3 Å². The van der Waals surface area contributed by atoms with Crippen molar-refractivity contribution in [2.45, 2.75) is 37.6 Å². The molecule has 3 fully saturated rings. The molecule has 3 aliphatic rings. The summed E-state index contributed by atoms with van der Waals surface area (Å²) >= 11 is 0. The predicted molar refractivity (Wildman–Crippen MR) is 85.8 cm³/mol. The van der Waals surface area contributed by atoms with Crippen molar-refractivity contribution in [3.63, 3.8) is 0 Å². The number of likely N-dealkylation sites (N-methyl/N-ethyl adjacent to an activating group) is 1. The molecule has 2 heterocycles. The minimum absolute atomic E-state index is 0. The van der Waals surface area contributed by atoms with Gasteiger partial charge in [0.25, 0.3) is 0 Å². The molecule has 2 bridgehead atoms. The van der Waals surface area contributed by atoms with Gasteiger partial charge in [-0.05, 0) is 44.7 Å². The van der Waals surface area contributed by atoms with Gasteiger partial charge in [0.15, 0.2) is 0 Å². The van der Waals surface area contributed by atoms with Gasteiger partial charge in [-0.3, -0.25) is 4.79 Å². The van der Waals surface area contributed by atoms with Crippen molar-refractivity contribution in [2.24, 2.45) is 5.92 Å². The van der Waals surface area contributed by atoms with Crippen LogP contribution in [0.4, 0.5) is 0 Å². The standard InChI is InChI=1S/C17H23NO2.ClH/c1-3-20-16(19)17(14-7-5-4-6-8-14)11-13-9-10-15(17)18(2)12-13;/h4-8,13,15H,3,9-12H2,1-2H3;1H/t13-,15+,17+;/m1./s1. The summed E-state index contributed by atoms with van der Waals surface area (Å²) in [6, 6.07) is 10.5. The van der Waals surface area contributed by atoms with Crippen molar-refractivity contribution < 1.29 is 9.53 Å². The summed E-state index contributed by atoms with van der Waals surface area (Å²) in [5.74, 6) is 0.571. The molecule has 0 radical (unpaired) electrons. The van der Waals surface area contributed by atoms with Crippen molar-refractivity contribution in [1.29, 1.82) is 0 Å². The van der Waals surface area contributed by atoms with Gasteiger partial charge in [0, 0.05) is 12.6 Å². The Bertz CT molecular complexity index is 493. The lowest BCUT2D eigenvalue weighted by molar-refractivity contribution is -0.160. The summed E-state index contributed by atoms with van der Waals surface area (Å²) in [5, 5.41) is 0. The fourth-order valence-corrected chi connectivity index (χ4v) is 4.26. The summed E-state index contributed by atoms with van der Waals surface area (Å²) in [6.45, 7) is 3.45. The normalized spacial score (nSPS) is 31.5. The van der Waals surface area contributed by atoms with E-state index in [-0.39, 0.29) is 24.4 Å². The molecule has 116 valence electrons. The van der Waals surface area contributed by atoms with E-state index in [1.807, 2.05) is 25.1 Å². The number of hydrogen-bond donors (Lipinski definition) is 0. The zero-order valence-electron chi connectivity index (χ0n) is 12.7. The van der Waals surface area contributed by atoms with Gasteiger partial charge in [0.05, 0.1) is 6.61 Å². The number of piperidine rings is 2. The van der Waals surface area contributed by atoms with Crippen LogP contribution in [-0.4, -0.2) is 37.1 Å². The SMILES string of the molecule is CCOC(=O)[C@]1(c2ccccc2)C[C@H]2CC[C@@H]1N(C)C2.Cl. The lowest BCUT2D eigenvalue weighted by Gasteiger charge is -2.54. The minimum Gasteiger partial charge on any atom is -0.465 e. The van der Waals surface area contributed by atoms with E-state index in [0.717, 1.165) is 24.9 Å². The van der Waals surface area contributed by atoms with Gasteiger partial charge >= 0.3 is 5.97 Å². The van der Waals surface area contributed by atoms with Crippen LogP contribution in [0.2, 0.25) is 0 Å². The van der Waals surface area contributed by atoms with Crippen LogP contribution in [0.25, 0.3) is 0 Å². The Kier molecular flexibility index (Phi) is 4.95. The van der Waals surface area contributed by atoms with Gasteiger partial charge in [0.1, 0.15) is 5.41 Å². The number of nitrogens with zero attached hydrogens (tertiary/aromatic N) is 1. The fourth-order valence-electron chi connectivity index (χ4n) is 4.26. The Morgan fingerprint density at radius 1 is 1.33 bits per heavy atom. The number of fused-ring (bicyclic) bond motifs is 3. The summed E-state index contributed by atoms with van der Waals surface area (Å²) < 4.78 is 5.47. The van der Waals surface area contributed by atoms with Crippen molar-refractivity contribution in [1.82, 2.24) is 4.90 Å². The first-order chi connectivity index (χ1) is 9.68. The largest absolute Gasteiger partial charge is 0.465 e. The molecule has 0 aromatic heterocycles. The van der Waals surface area contributed by atoms with Crippen molar-refractivity contribution in [3.05, 3.63) is 35.9 Å². The third kappa shape index (κ3) is 2.58. The summed E-state index contributed by atoms with van der Waals surface area (Å²) in [4.78, 5) is 15.2. The zero-order chi connectivity index (χ0) is 14.2. The molecule has 4 heteroatoms. The number of carbonyl (C=O) groups is 1. The molecule has 0 amide bonds. The van der Waals surface area contributed by atoms with Crippen molar-refractivity contribution in [2.75, 3.05) is 20.2 Å². The van der Waals surface area contributed by atoms with Crippen LogP contribution in [0.3, 0.4) is 0 Å². The van der Waals surface area contributed by atoms with Crippen LogP contribution in [-0.2, 0) is 14.9 Å². The Morgan fingerprint density at radius 3 is 2.62 bits per heavy atom. The molecular weight excluding hydrogens is 286 g/mol. The molecule has 2 saturated heterocycles. The van der Waals surface area contributed by atoms with E-state index in [0.29, 0.717) is 12.5 Å². The monoisotopic (exact) mass is 309 g/mol. The molecule has 0 spiro atoms.